The molecule has 29 heavy (non-hydrogen) atoms. The lowest BCUT2D eigenvalue weighted by Gasteiger charge is -2.47. The second-order valence-electron chi connectivity index (χ2n) is 8.04. The lowest BCUT2D eigenvalue weighted by Crippen LogP contribution is -2.49. The molecule has 6 heteroatoms. The molecule has 2 aliphatic heterocycles. The summed E-state index contributed by atoms with van der Waals surface area (Å²) in [6, 6.07) is 6.38. The molecule has 2 aromatic rings. The molecule has 1 saturated heterocycles. The summed E-state index contributed by atoms with van der Waals surface area (Å²) in [4.78, 5) is 18.7. The van der Waals surface area contributed by atoms with Crippen molar-refractivity contribution in [1.82, 2.24) is 9.88 Å². The molecule has 0 spiro atoms. The van der Waals surface area contributed by atoms with Crippen LogP contribution in [0.3, 0.4) is 0 Å². The number of carbonyl (C=O) groups is 1. The monoisotopic (exact) mass is 398 g/mol. The Bertz CT molecular complexity index is 906. The fraction of sp³-hybridized carbons (Fsp3) is 0.522. The number of aromatic amines is 1. The van der Waals surface area contributed by atoms with Gasteiger partial charge >= 0.3 is 5.97 Å². The number of nitrogens with zero attached hydrogens (tertiary/aromatic N) is 1. The van der Waals surface area contributed by atoms with Gasteiger partial charge in [0.15, 0.2) is 0 Å². The van der Waals surface area contributed by atoms with Crippen molar-refractivity contribution in [2.45, 2.75) is 18.9 Å². The molecule has 0 radical (unpaired) electrons. The molecular weight excluding hydrogens is 368 g/mol. The van der Waals surface area contributed by atoms with Crippen molar-refractivity contribution in [3.05, 3.63) is 42.1 Å². The zero-order valence-corrected chi connectivity index (χ0v) is 17.4. The maximum Gasteiger partial charge on any atom is 0.311 e. The summed E-state index contributed by atoms with van der Waals surface area (Å²) in [7, 11) is 4.81. The second-order valence-corrected chi connectivity index (χ2v) is 8.04. The molecule has 6 nitrogen and oxygen atoms in total. The van der Waals surface area contributed by atoms with Gasteiger partial charge in [0.2, 0.25) is 0 Å². The van der Waals surface area contributed by atoms with Crippen LogP contribution in [0.5, 0.6) is 5.75 Å². The van der Waals surface area contributed by atoms with Crippen molar-refractivity contribution in [3.63, 3.8) is 0 Å². The summed E-state index contributed by atoms with van der Waals surface area (Å²) in [6.07, 6.45) is 3.84. The zero-order valence-electron chi connectivity index (χ0n) is 17.4. The van der Waals surface area contributed by atoms with Gasteiger partial charge in [0.1, 0.15) is 5.75 Å². The molecule has 1 aromatic heterocycles. The highest BCUT2D eigenvalue weighted by Crippen LogP contribution is 2.46. The Hall–Kier alpha value is -2.31. The van der Waals surface area contributed by atoms with Crippen LogP contribution in [0, 0.1) is 17.8 Å². The molecule has 0 aliphatic carbocycles. The smallest absolute Gasteiger partial charge is 0.311 e. The zero-order chi connectivity index (χ0) is 20.5. The van der Waals surface area contributed by atoms with Gasteiger partial charge in [-0.05, 0) is 42.4 Å². The quantitative estimate of drug-likeness (QED) is 0.597. The van der Waals surface area contributed by atoms with Crippen LogP contribution >= 0.6 is 0 Å². The molecule has 0 amide bonds. The van der Waals surface area contributed by atoms with Crippen LogP contribution in [-0.4, -0.2) is 56.9 Å². The first-order chi connectivity index (χ1) is 14.1. The number of H-pyrrole nitrogens is 1. The second kappa shape index (κ2) is 8.20. The lowest BCUT2D eigenvalue weighted by molar-refractivity contribution is -0.152. The predicted octanol–water partition coefficient (Wildman–Crippen LogP) is 3.33. The number of esters is 1. The molecule has 4 atom stereocenters. The standard InChI is InChI=1S/C23H30N2O4/c1-5-14-12-25-10-9-15-21-18(7-6-8-20(21)28-3)24-22(15)19(25)11-16(14)17(13-27-2)23(26)29-4/h5-8,14,16-17,19,24H,1,9-13H2,2-4H3/t14-,16-,17?,19-/m0/s1. The van der Waals surface area contributed by atoms with E-state index >= 15 is 0 Å². The highest BCUT2D eigenvalue weighted by Gasteiger charge is 2.44. The van der Waals surface area contributed by atoms with Gasteiger partial charge < -0.3 is 19.2 Å². The Labute approximate surface area is 171 Å². The van der Waals surface area contributed by atoms with E-state index in [1.807, 2.05) is 18.2 Å². The molecule has 4 rings (SSSR count). The minimum absolute atomic E-state index is 0.125. The third-order valence-electron chi connectivity index (χ3n) is 6.73. The Morgan fingerprint density at radius 2 is 2.21 bits per heavy atom. The molecule has 1 aromatic carbocycles. The number of rotatable bonds is 6. The highest BCUT2D eigenvalue weighted by atomic mass is 16.5. The summed E-state index contributed by atoms with van der Waals surface area (Å²) < 4.78 is 16.1. The normalized spacial score (nSPS) is 25.1. The number of hydrogen-bond donors (Lipinski definition) is 1. The summed E-state index contributed by atoms with van der Waals surface area (Å²) in [5.74, 6) is 0.772. The van der Waals surface area contributed by atoms with Crippen LogP contribution in [0.1, 0.15) is 23.7 Å². The number of carbonyl (C=O) groups excluding carboxylic acids is 1. The van der Waals surface area contributed by atoms with Gasteiger partial charge in [0.25, 0.3) is 0 Å². The first-order valence-electron chi connectivity index (χ1n) is 10.2. The lowest BCUT2D eigenvalue weighted by atomic mass is 9.72. The average Bonchev–Trinajstić information content (AvgIpc) is 3.15. The van der Waals surface area contributed by atoms with Crippen molar-refractivity contribution in [2.75, 3.05) is 41.0 Å². The predicted molar refractivity (Wildman–Crippen MR) is 112 cm³/mol. The van der Waals surface area contributed by atoms with E-state index in [0.717, 1.165) is 37.2 Å². The number of ether oxygens (including phenoxy) is 3. The third-order valence-corrected chi connectivity index (χ3v) is 6.73. The van der Waals surface area contributed by atoms with E-state index in [-0.39, 0.29) is 29.8 Å². The fourth-order valence-electron chi connectivity index (χ4n) is 5.34. The van der Waals surface area contributed by atoms with E-state index in [1.54, 1.807) is 14.2 Å². The minimum Gasteiger partial charge on any atom is -0.496 e. The van der Waals surface area contributed by atoms with Gasteiger partial charge in [-0.2, -0.15) is 0 Å². The van der Waals surface area contributed by atoms with Crippen molar-refractivity contribution < 1.29 is 19.0 Å². The average molecular weight is 399 g/mol. The molecule has 0 saturated carbocycles. The summed E-state index contributed by atoms with van der Waals surface area (Å²) in [5.41, 5.74) is 3.71. The highest BCUT2D eigenvalue weighted by molar-refractivity contribution is 5.91. The van der Waals surface area contributed by atoms with Crippen LogP contribution in [0.4, 0.5) is 0 Å². The Morgan fingerprint density at radius 3 is 2.90 bits per heavy atom. The number of benzene rings is 1. The van der Waals surface area contributed by atoms with Crippen LogP contribution in [0.2, 0.25) is 0 Å². The van der Waals surface area contributed by atoms with Crippen LogP contribution in [0.25, 0.3) is 10.9 Å². The topological polar surface area (TPSA) is 63.8 Å². The molecule has 156 valence electrons. The Kier molecular flexibility index (Phi) is 5.65. The van der Waals surface area contributed by atoms with Crippen molar-refractivity contribution >= 4 is 16.9 Å². The molecule has 2 aliphatic rings. The van der Waals surface area contributed by atoms with E-state index in [0.29, 0.717) is 6.61 Å². The Balaban J connectivity index is 1.73. The van der Waals surface area contributed by atoms with E-state index in [2.05, 4.69) is 22.5 Å². The first-order valence-corrected chi connectivity index (χ1v) is 10.2. The van der Waals surface area contributed by atoms with Crippen molar-refractivity contribution in [1.29, 1.82) is 0 Å². The van der Waals surface area contributed by atoms with E-state index in [9.17, 15) is 4.79 Å². The van der Waals surface area contributed by atoms with E-state index in [1.165, 1.54) is 23.8 Å². The van der Waals surface area contributed by atoms with Gasteiger partial charge in [-0.15, -0.1) is 6.58 Å². The number of nitrogens with one attached hydrogen (secondary N) is 1. The summed E-state index contributed by atoms with van der Waals surface area (Å²) in [5, 5.41) is 1.19. The van der Waals surface area contributed by atoms with Gasteiger partial charge in [-0.25, -0.2) is 0 Å². The largest absolute Gasteiger partial charge is 0.496 e. The minimum atomic E-state index is -0.292. The fourth-order valence-corrected chi connectivity index (χ4v) is 5.34. The molecule has 1 unspecified atom stereocenters. The number of fused-ring (bicyclic) bond motifs is 5. The van der Waals surface area contributed by atoms with Crippen molar-refractivity contribution in [3.8, 4) is 5.75 Å². The Morgan fingerprint density at radius 1 is 1.38 bits per heavy atom. The molecule has 3 heterocycles. The van der Waals surface area contributed by atoms with Gasteiger partial charge in [0, 0.05) is 36.8 Å². The van der Waals surface area contributed by atoms with Gasteiger partial charge in [-0.3, -0.25) is 9.69 Å². The van der Waals surface area contributed by atoms with Crippen LogP contribution < -0.4 is 4.74 Å². The summed E-state index contributed by atoms with van der Waals surface area (Å²) in [6.45, 7) is 6.30. The molecule has 1 N–H and O–H groups in total. The number of hydrogen-bond acceptors (Lipinski definition) is 5. The third kappa shape index (κ3) is 3.34. The molecule has 1 fully saturated rings. The molecule has 0 bridgehead atoms. The maximum atomic E-state index is 12.5. The number of aromatic nitrogens is 1. The van der Waals surface area contributed by atoms with Crippen LogP contribution in [-0.2, 0) is 20.7 Å². The van der Waals surface area contributed by atoms with Gasteiger partial charge in [0.05, 0.1) is 32.8 Å². The number of piperidine rings is 1. The van der Waals surface area contributed by atoms with Crippen LogP contribution in [0.15, 0.2) is 30.9 Å². The SMILES string of the molecule is C=C[C@H]1CN2CCc3c([nH]c4cccc(OC)c34)[C@@H]2C[C@@H]1C(COC)C(=O)OC. The van der Waals surface area contributed by atoms with Crippen molar-refractivity contribution in [2.24, 2.45) is 17.8 Å². The molecular formula is C23H30N2O4. The first kappa shape index (κ1) is 20.0. The van der Waals surface area contributed by atoms with E-state index < -0.39 is 0 Å². The summed E-state index contributed by atoms with van der Waals surface area (Å²) >= 11 is 0. The van der Waals surface area contributed by atoms with E-state index in [4.69, 9.17) is 14.2 Å². The number of methoxy groups -OCH3 is 3. The maximum absolute atomic E-state index is 12.5. The van der Waals surface area contributed by atoms with Gasteiger partial charge in [-0.1, -0.05) is 12.1 Å².